The van der Waals surface area contributed by atoms with E-state index in [2.05, 4.69) is 17.2 Å². The summed E-state index contributed by atoms with van der Waals surface area (Å²) in [7, 11) is 1.85. The van der Waals surface area contributed by atoms with Crippen molar-refractivity contribution in [3.05, 3.63) is 35.4 Å². The van der Waals surface area contributed by atoms with Gasteiger partial charge in [0.25, 0.3) is 0 Å². The van der Waals surface area contributed by atoms with Crippen LogP contribution in [0.5, 0.6) is 0 Å². The first-order chi connectivity index (χ1) is 8.15. The molecule has 0 saturated heterocycles. The van der Waals surface area contributed by atoms with Crippen LogP contribution in [0.1, 0.15) is 25.3 Å². The first-order valence-corrected chi connectivity index (χ1v) is 5.67. The number of likely N-dealkylation sites (N-methyl/N-ethyl adjacent to an activating group) is 1. The molecular weight excluding hydrogens is 220 g/mol. The van der Waals surface area contributed by atoms with Crippen LogP contribution in [0, 0.1) is 23.5 Å². The van der Waals surface area contributed by atoms with Crippen molar-refractivity contribution in [2.75, 3.05) is 7.05 Å². The van der Waals surface area contributed by atoms with Gasteiger partial charge in [0.1, 0.15) is 11.6 Å². The van der Waals surface area contributed by atoms with Crippen molar-refractivity contribution in [3.8, 4) is 11.8 Å². The van der Waals surface area contributed by atoms with E-state index >= 15 is 0 Å². The SMILES string of the molecule is CC#CCCC(Cc1cc(F)cc(F)c1)NC. The minimum absolute atomic E-state index is 0.192. The summed E-state index contributed by atoms with van der Waals surface area (Å²) in [6.45, 7) is 1.80. The zero-order valence-electron chi connectivity index (χ0n) is 10.2. The van der Waals surface area contributed by atoms with Crippen LogP contribution >= 0.6 is 0 Å². The number of rotatable bonds is 5. The highest BCUT2D eigenvalue weighted by Gasteiger charge is 2.08. The largest absolute Gasteiger partial charge is 0.317 e. The van der Waals surface area contributed by atoms with Crippen molar-refractivity contribution in [1.82, 2.24) is 5.32 Å². The summed E-state index contributed by atoms with van der Waals surface area (Å²) >= 11 is 0. The van der Waals surface area contributed by atoms with Gasteiger partial charge in [0.05, 0.1) is 0 Å². The second-order valence-electron chi connectivity index (χ2n) is 3.93. The van der Waals surface area contributed by atoms with E-state index in [1.807, 2.05) is 7.05 Å². The third-order valence-corrected chi connectivity index (χ3v) is 2.61. The van der Waals surface area contributed by atoms with Crippen LogP contribution in [-0.2, 0) is 6.42 Å². The van der Waals surface area contributed by atoms with Crippen LogP contribution < -0.4 is 5.32 Å². The predicted octanol–water partition coefficient (Wildman–Crippen LogP) is 2.90. The molecule has 0 aromatic heterocycles. The summed E-state index contributed by atoms with van der Waals surface area (Å²) in [5.74, 6) is 4.77. The highest BCUT2D eigenvalue weighted by molar-refractivity contribution is 5.19. The van der Waals surface area contributed by atoms with E-state index in [0.717, 1.165) is 18.9 Å². The van der Waals surface area contributed by atoms with Crippen molar-refractivity contribution in [2.24, 2.45) is 0 Å². The lowest BCUT2D eigenvalue weighted by Crippen LogP contribution is -2.27. The Labute approximate surface area is 101 Å². The maximum absolute atomic E-state index is 13.0. The zero-order chi connectivity index (χ0) is 12.7. The molecule has 0 bridgehead atoms. The molecule has 0 saturated carbocycles. The average Bonchev–Trinajstić information content (AvgIpc) is 2.26. The van der Waals surface area contributed by atoms with Gasteiger partial charge in [0, 0.05) is 18.5 Å². The fraction of sp³-hybridized carbons (Fsp3) is 0.429. The molecule has 0 aliphatic rings. The minimum Gasteiger partial charge on any atom is -0.317 e. The van der Waals surface area contributed by atoms with Gasteiger partial charge in [0.2, 0.25) is 0 Å². The molecule has 0 aliphatic carbocycles. The summed E-state index contributed by atoms with van der Waals surface area (Å²) in [6, 6.07) is 3.83. The number of hydrogen-bond acceptors (Lipinski definition) is 1. The normalized spacial score (nSPS) is 11.8. The maximum Gasteiger partial charge on any atom is 0.126 e. The van der Waals surface area contributed by atoms with Gasteiger partial charge in [0.15, 0.2) is 0 Å². The van der Waals surface area contributed by atoms with Gasteiger partial charge in [-0.1, -0.05) is 0 Å². The Bertz CT molecular complexity index is 398. The minimum atomic E-state index is -0.525. The van der Waals surface area contributed by atoms with Gasteiger partial charge < -0.3 is 5.32 Å². The Morgan fingerprint density at radius 2 is 1.88 bits per heavy atom. The van der Waals surface area contributed by atoms with Crippen molar-refractivity contribution in [3.63, 3.8) is 0 Å². The zero-order valence-corrected chi connectivity index (χ0v) is 10.2. The van der Waals surface area contributed by atoms with Gasteiger partial charge in [-0.3, -0.25) is 0 Å². The van der Waals surface area contributed by atoms with E-state index in [0.29, 0.717) is 12.0 Å². The Morgan fingerprint density at radius 1 is 1.24 bits per heavy atom. The maximum atomic E-state index is 13.0. The summed E-state index contributed by atoms with van der Waals surface area (Å²) in [6.07, 6.45) is 2.27. The molecule has 3 heteroatoms. The molecule has 0 amide bonds. The fourth-order valence-electron chi connectivity index (χ4n) is 1.73. The van der Waals surface area contributed by atoms with Crippen LogP contribution in [0.3, 0.4) is 0 Å². The van der Waals surface area contributed by atoms with E-state index in [4.69, 9.17) is 0 Å². The lowest BCUT2D eigenvalue weighted by atomic mass is 10.0. The van der Waals surface area contributed by atoms with Gasteiger partial charge in [-0.25, -0.2) is 8.78 Å². The van der Waals surface area contributed by atoms with Gasteiger partial charge >= 0.3 is 0 Å². The van der Waals surface area contributed by atoms with E-state index in [-0.39, 0.29) is 6.04 Å². The van der Waals surface area contributed by atoms with Crippen LogP contribution in [0.2, 0.25) is 0 Å². The molecule has 1 rings (SSSR count). The lowest BCUT2D eigenvalue weighted by Gasteiger charge is -2.14. The summed E-state index contributed by atoms with van der Waals surface area (Å²) < 4.78 is 26.0. The highest BCUT2D eigenvalue weighted by Crippen LogP contribution is 2.12. The highest BCUT2D eigenvalue weighted by atomic mass is 19.1. The third kappa shape index (κ3) is 4.97. The fourth-order valence-corrected chi connectivity index (χ4v) is 1.73. The predicted molar refractivity (Wildman–Crippen MR) is 65.6 cm³/mol. The van der Waals surface area contributed by atoms with E-state index in [1.165, 1.54) is 12.1 Å². The van der Waals surface area contributed by atoms with E-state index < -0.39 is 11.6 Å². The van der Waals surface area contributed by atoms with Gasteiger partial charge in [-0.2, -0.15) is 0 Å². The van der Waals surface area contributed by atoms with Gasteiger partial charge in [-0.15, -0.1) is 11.8 Å². The lowest BCUT2D eigenvalue weighted by molar-refractivity contribution is 0.520. The summed E-state index contributed by atoms with van der Waals surface area (Å²) in [5.41, 5.74) is 0.673. The topological polar surface area (TPSA) is 12.0 Å². The molecule has 0 aliphatic heterocycles. The van der Waals surface area contributed by atoms with Crippen LogP contribution in [0.4, 0.5) is 8.78 Å². The number of hydrogen-bond donors (Lipinski definition) is 1. The summed E-state index contributed by atoms with van der Waals surface area (Å²) in [4.78, 5) is 0. The molecule has 0 fully saturated rings. The molecule has 0 heterocycles. The van der Waals surface area contributed by atoms with Gasteiger partial charge in [-0.05, 0) is 44.5 Å². The molecule has 1 aromatic carbocycles. The molecule has 1 unspecified atom stereocenters. The van der Waals surface area contributed by atoms with Crippen molar-refractivity contribution in [2.45, 2.75) is 32.2 Å². The smallest absolute Gasteiger partial charge is 0.126 e. The molecule has 0 spiro atoms. The van der Waals surface area contributed by atoms with Crippen LogP contribution in [0.15, 0.2) is 18.2 Å². The monoisotopic (exact) mass is 237 g/mol. The molecule has 92 valence electrons. The van der Waals surface area contributed by atoms with Crippen molar-refractivity contribution < 1.29 is 8.78 Å². The number of halogens is 2. The van der Waals surface area contributed by atoms with E-state index in [9.17, 15) is 8.78 Å². The molecule has 1 N–H and O–H groups in total. The van der Waals surface area contributed by atoms with Crippen molar-refractivity contribution in [1.29, 1.82) is 0 Å². The molecule has 1 atom stereocenters. The quantitative estimate of drug-likeness (QED) is 0.776. The molecule has 1 nitrogen and oxygen atoms in total. The standard InChI is InChI=1S/C14H17F2N/c1-3-4-5-6-14(17-2)9-11-7-12(15)10-13(16)8-11/h7-8,10,14,17H,5-6,9H2,1-2H3. The number of nitrogens with one attached hydrogen (secondary N) is 1. The first-order valence-electron chi connectivity index (χ1n) is 5.67. The first kappa shape index (κ1) is 13.7. The second-order valence-corrected chi connectivity index (χ2v) is 3.93. The Balaban J connectivity index is 2.62. The molecule has 17 heavy (non-hydrogen) atoms. The Kier molecular flexibility index (Phi) is 5.65. The van der Waals surface area contributed by atoms with E-state index in [1.54, 1.807) is 6.92 Å². The van der Waals surface area contributed by atoms with Crippen LogP contribution in [-0.4, -0.2) is 13.1 Å². The second kappa shape index (κ2) is 7.03. The Hall–Kier alpha value is -1.40. The molecule has 1 aromatic rings. The van der Waals surface area contributed by atoms with Crippen LogP contribution in [0.25, 0.3) is 0 Å². The molecular formula is C14H17F2N. The molecule has 0 radical (unpaired) electrons. The third-order valence-electron chi connectivity index (χ3n) is 2.61. The van der Waals surface area contributed by atoms with Crippen molar-refractivity contribution >= 4 is 0 Å². The average molecular weight is 237 g/mol. The number of benzene rings is 1. The Morgan fingerprint density at radius 3 is 2.41 bits per heavy atom. The summed E-state index contributed by atoms with van der Waals surface area (Å²) in [5, 5.41) is 3.14.